The van der Waals surface area contributed by atoms with E-state index in [4.69, 9.17) is 14.6 Å². The zero-order chi connectivity index (χ0) is 19.1. The molecule has 0 bridgehead atoms. The maximum absolute atomic E-state index is 12.0. The molecule has 0 fully saturated rings. The lowest BCUT2D eigenvalue weighted by Gasteiger charge is -2.15. The Kier molecular flexibility index (Phi) is 12.5. The molecule has 1 unspecified atom stereocenters. The summed E-state index contributed by atoms with van der Waals surface area (Å²) in [5, 5.41) is 8.55. The van der Waals surface area contributed by atoms with Crippen molar-refractivity contribution < 1.29 is 48.0 Å². The van der Waals surface area contributed by atoms with Gasteiger partial charge in [-0.2, -0.15) is 0 Å². The number of esters is 1. The van der Waals surface area contributed by atoms with Crippen molar-refractivity contribution in [3.05, 3.63) is 0 Å². The normalized spacial score (nSPS) is 11.1. The Labute approximate surface area is 145 Å². The lowest BCUT2D eigenvalue weighted by molar-refractivity contribution is -0.160. The number of unbranched alkanes of at least 4 members (excludes halogenated alkanes) is 3. The Bertz CT molecular complexity index is 434. The van der Waals surface area contributed by atoms with Gasteiger partial charge in [0.1, 0.15) is 6.61 Å². The number of carbonyl (C=O) groups excluding carboxylic acids is 3. The van der Waals surface area contributed by atoms with Crippen LogP contribution in [-0.2, 0) is 33.3 Å². The van der Waals surface area contributed by atoms with Gasteiger partial charge in [0.2, 0.25) is 6.79 Å². The molecule has 0 radical (unpaired) electrons. The molecule has 0 aromatic carbocycles. The van der Waals surface area contributed by atoms with Crippen LogP contribution in [0.1, 0.15) is 38.5 Å². The fourth-order valence-electron chi connectivity index (χ4n) is 1.83. The number of hydrogen-bond donors (Lipinski definition) is 1. The summed E-state index contributed by atoms with van der Waals surface area (Å²) in [6, 6.07) is 0. The Morgan fingerprint density at radius 2 is 1.44 bits per heavy atom. The van der Waals surface area contributed by atoms with Crippen LogP contribution in [0.4, 0.5) is 9.59 Å². The third kappa shape index (κ3) is 12.6. The second-order valence-corrected chi connectivity index (χ2v) is 4.99. The third-order valence-corrected chi connectivity index (χ3v) is 3.14. The highest BCUT2D eigenvalue weighted by Gasteiger charge is 2.22. The van der Waals surface area contributed by atoms with E-state index in [1.54, 1.807) is 0 Å². The van der Waals surface area contributed by atoms with Gasteiger partial charge in [0.25, 0.3) is 0 Å². The number of carbonyl (C=O) groups is 4. The van der Waals surface area contributed by atoms with Gasteiger partial charge in [0, 0.05) is 6.42 Å². The molecule has 1 N–H and O–H groups in total. The van der Waals surface area contributed by atoms with E-state index in [9.17, 15) is 19.2 Å². The van der Waals surface area contributed by atoms with E-state index in [0.29, 0.717) is 32.1 Å². The van der Waals surface area contributed by atoms with Gasteiger partial charge in [-0.25, -0.2) is 9.59 Å². The smallest absolute Gasteiger partial charge is 0.481 e. The van der Waals surface area contributed by atoms with Crippen LogP contribution in [0.3, 0.4) is 0 Å². The van der Waals surface area contributed by atoms with Crippen LogP contribution in [0.2, 0.25) is 0 Å². The summed E-state index contributed by atoms with van der Waals surface area (Å²) < 4.78 is 22.5. The largest absolute Gasteiger partial charge is 0.510 e. The van der Waals surface area contributed by atoms with Crippen LogP contribution in [0.15, 0.2) is 0 Å². The van der Waals surface area contributed by atoms with Gasteiger partial charge in [0.05, 0.1) is 20.1 Å². The number of carboxylic acids is 1. The molecule has 144 valence electrons. The molecule has 25 heavy (non-hydrogen) atoms. The molecule has 0 saturated carbocycles. The van der Waals surface area contributed by atoms with Crippen molar-refractivity contribution >= 4 is 24.2 Å². The van der Waals surface area contributed by atoms with Crippen LogP contribution in [-0.4, -0.2) is 57.0 Å². The molecule has 0 aliphatic heterocycles. The first kappa shape index (κ1) is 22.5. The minimum atomic E-state index is -0.992. The molecule has 0 aromatic rings. The first-order chi connectivity index (χ1) is 11.9. The first-order valence-corrected chi connectivity index (χ1v) is 7.70. The van der Waals surface area contributed by atoms with E-state index in [-0.39, 0.29) is 13.0 Å². The number of aliphatic carboxylic acids is 1. The highest BCUT2D eigenvalue weighted by molar-refractivity contribution is 5.73. The van der Waals surface area contributed by atoms with Crippen LogP contribution in [0.25, 0.3) is 0 Å². The Balaban J connectivity index is 4.24. The lowest BCUT2D eigenvalue weighted by Crippen LogP contribution is -2.26. The summed E-state index contributed by atoms with van der Waals surface area (Å²) in [7, 11) is 2.25. The summed E-state index contributed by atoms with van der Waals surface area (Å²) in [5.74, 6) is -2.29. The fourth-order valence-corrected chi connectivity index (χ4v) is 1.83. The highest BCUT2D eigenvalue weighted by Crippen LogP contribution is 2.14. The van der Waals surface area contributed by atoms with Crippen LogP contribution < -0.4 is 0 Å². The van der Waals surface area contributed by atoms with Crippen LogP contribution >= 0.6 is 0 Å². The monoisotopic (exact) mass is 364 g/mol. The maximum Gasteiger partial charge on any atom is 0.510 e. The average molecular weight is 364 g/mol. The predicted molar refractivity (Wildman–Crippen MR) is 81.6 cm³/mol. The molecule has 10 nitrogen and oxygen atoms in total. The molecule has 0 rings (SSSR count). The van der Waals surface area contributed by atoms with Crippen molar-refractivity contribution in [1.82, 2.24) is 0 Å². The molecule has 0 amide bonds. The second kappa shape index (κ2) is 13.9. The minimum Gasteiger partial charge on any atom is -0.481 e. The number of rotatable bonds is 12. The molecule has 0 saturated heterocycles. The molecule has 0 aliphatic rings. The van der Waals surface area contributed by atoms with E-state index < -0.39 is 37.0 Å². The Morgan fingerprint density at radius 1 is 0.840 bits per heavy atom. The molecular formula is C15H24O10. The van der Waals surface area contributed by atoms with E-state index in [2.05, 4.69) is 14.2 Å². The standard InChI is InChI=1S/C15H24O10/c1-21-14(19)23-9-11(7-5-3-4-6-8-12(16)17)13(18)24-10-25-15(20)22-2/h11H,3-10H2,1-2H3,(H,16,17). The molecular weight excluding hydrogens is 340 g/mol. The molecule has 0 heterocycles. The van der Waals surface area contributed by atoms with E-state index in [1.165, 1.54) is 0 Å². The fraction of sp³-hybridized carbons (Fsp3) is 0.733. The number of ether oxygens (including phenoxy) is 5. The predicted octanol–water partition coefficient (Wildman–Crippen LogP) is 2.09. The summed E-state index contributed by atoms with van der Waals surface area (Å²) >= 11 is 0. The zero-order valence-electron chi connectivity index (χ0n) is 14.4. The average Bonchev–Trinajstić information content (AvgIpc) is 2.59. The van der Waals surface area contributed by atoms with Gasteiger partial charge in [-0.1, -0.05) is 19.3 Å². The molecule has 0 aliphatic carbocycles. The Morgan fingerprint density at radius 3 is 2.04 bits per heavy atom. The Hall–Kier alpha value is -2.52. The summed E-state index contributed by atoms with van der Waals surface area (Å²) in [4.78, 5) is 44.2. The van der Waals surface area contributed by atoms with Gasteiger partial charge in [-0.15, -0.1) is 0 Å². The quantitative estimate of drug-likeness (QED) is 0.237. The van der Waals surface area contributed by atoms with Crippen molar-refractivity contribution in [2.24, 2.45) is 5.92 Å². The highest BCUT2D eigenvalue weighted by atomic mass is 16.8. The first-order valence-electron chi connectivity index (χ1n) is 7.70. The van der Waals surface area contributed by atoms with Crippen molar-refractivity contribution in [3.8, 4) is 0 Å². The number of hydrogen-bond acceptors (Lipinski definition) is 9. The SMILES string of the molecule is COC(=O)OCOC(=O)C(CCCCCCC(=O)O)COC(=O)OC. The molecule has 1 atom stereocenters. The summed E-state index contributed by atoms with van der Waals surface area (Å²) in [6.07, 6.45) is 1.13. The van der Waals surface area contributed by atoms with Crippen molar-refractivity contribution in [2.45, 2.75) is 38.5 Å². The minimum absolute atomic E-state index is 0.0990. The third-order valence-electron chi connectivity index (χ3n) is 3.14. The van der Waals surface area contributed by atoms with Crippen LogP contribution in [0, 0.1) is 5.92 Å². The zero-order valence-corrected chi connectivity index (χ0v) is 14.4. The van der Waals surface area contributed by atoms with Crippen molar-refractivity contribution in [3.63, 3.8) is 0 Å². The molecule has 0 aromatic heterocycles. The van der Waals surface area contributed by atoms with Crippen LogP contribution in [0.5, 0.6) is 0 Å². The van der Waals surface area contributed by atoms with Gasteiger partial charge < -0.3 is 28.8 Å². The van der Waals surface area contributed by atoms with Gasteiger partial charge in [-0.3, -0.25) is 9.59 Å². The maximum atomic E-state index is 12.0. The van der Waals surface area contributed by atoms with Gasteiger partial charge in [-0.05, 0) is 12.8 Å². The van der Waals surface area contributed by atoms with E-state index in [1.807, 2.05) is 0 Å². The van der Waals surface area contributed by atoms with Gasteiger partial charge in [0.15, 0.2) is 0 Å². The summed E-state index contributed by atoms with van der Waals surface area (Å²) in [6.45, 7) is -0.850. The van der Waals surface area contributed by atoms with E-state index in [0.717, 1.165) is 14.2 Å². The topological polar surface area (TPSA) is 135 Å². The van der Waals surface area contributed by atoms with E-state index >= 15 is 0 Å². The molecule has 0 spiro atoms. The number of methoxy groups -OCH3 is 2. The van der Waals surface area contributed by atoms with Gasteiger partial charge >= 0.3 is 24.2 Å². The van der Waals surface area contributed by atoms with Crippen molar-refractivity contribution in [1.29, 1.82) is 0 Å². The second-order valence-electron chi connectivity index (χ2n) is 4.99. The number of carboxylic acid groups (broad SMARTS) is 1. The molecule has 10 heteroatoms. The summed E-state index contributed by atoms with van der Waals surface area (Å²) in [5.41, 5.74) is 0. The van der Waals surface area contributed by atoms with Crippen molar-refractivity contribution in [2.75, 3.05) is 27.6 Å². The lowest BCUT2D eigenvalue weighted by atomic mass is 10.0.